The van der Waals surface area contributed by atoms with Crippen LogP contribution in [0.1, 0.15) is 48.6 Å². The van der Waals surface area contributed by atoms with Crippen LogP contribution in [0.2, 0.25) is 0 Å². The Labute approximate surface area is 204 Å². The highest BCUT2D eigenvalue weighted by Gasteiger charge is 2.32. The second kappa shape index (κ2) is 11.1. The van der Waals surface area contributed by atoms with E-state index < -0.39 is 11.6 Å². The van der Waals surface area contributed by atoms with Crippen LogP contribution >= 0.6 is 0 Å². The molecule has 4 heteroatoms. The Morgan fingerprint density at radius 2 is 1.32 bits per heavy atom. The number of nitrogens with one attached hydrogen (secondary N) is 1. The molecule has 0 saturated heterocycles. The summed E-state index contributed by atoms with van der Waals surface area (Å²) >= 11 is 0. The molecule has 0 radical (unpaired) electrons. The zero-order valence-electron chi connectivity index (χ0n) is 21.0. The van der Waals surface area contributed by atoms with Crippen molar-refractivity contribution >= 4 is 11.8 Å². The fourth-order valence-electron chi connectivity index (χ4n) is 4.23. The maximum atomic E-state index is 13.8. The van der Waals surface area contributed by atoms with Crippen molar-refractivity contribution in [2.75, 3.05) is 0 Å². The summed E-state index contributed by atoms with van der Waals surface area (Å²) in [5.74, 6) is -0.195. The van der Waals surface area contributed by atoms with Gasteiger partial charge in [-0.25, -0.2) is 0 Å². The van der Waals surface area contributed by atoms with Gasteiger partial charge in [-0.2, -0.15) is 0 Å². The second-order valence-electron chi connectivity index (χ2n) is 10.1. The summed E-state index contributed by atoms with van der Waals surface area (Å²) in [5.41, 5.74) is 4.84. The lowest BCUT2D eigenvalue weighted by Crippen LogP contribution is -2.54. The van der Waals surface area contributed by atoms with Gasteiger partial charge in [0.05, 0.1) is 6.42 Å². The summed E-state index contributed by atoms with van der Waals surface area (Å²) in [6.45, 7) is 10.3. The van der Waals surface area contributed by atoms with Crippen molar-refractivity contribution in [2.24, 2.45) is 0 Å². The largest absolute Gasteiger partial charge is 0.350 e. The van der Waals surface area contributed by atoms with Gasteiger partial charge in [0, 0.05) is 18.5 Å². The van der Waals surface area contributed by atoms with Gasteiger partial charge in [-0.1, -0.05) is 90.0 Å². The van der Waals surface area contributed by atoms with Crippen LogP contribution in [-0.2, 0) is 29.0 Å². The van der Waals surface area contributed by atoms with Crippen molar-refractivity contribution < 1.29 is 9.59 Å². The number of benzene rings is 3. The molecular formula is C30H36N2O2. The van der Waals surface area contributed by atoms with Crippen LogP contribution in [0.25, 0.3) is 0 Å². The fourth-order valence-corrected chi connectivity index (χ4v) is 4.23. The Kier molecular flexibility index (Phi) is 8.27. The van der Waals surface area contributed by atoms with E-state index in [4.69, 9.17) is 0 Å². The third-order valence-electron chi connectivity index (χ3n) is 5.60. The zero-order valence-corrected chi connectivity index (χ0v) is 21.0. The maximum absolute atomic E-state index is 13.8. The molecule has 2 amide bonds. The van der Waals surface area contributed by atoms with Crippen molar-refractivity contribution in [3.8, 4) is 0 Å². The van der Waals surface area contributed by atoms with Crippen LogP contribution in [0.15, 0.2) is 78.9 Å². The summed E-state index contributed by atoms with van der Waals surface area (Å²) in [4.78, 5) is 29.1. The first kappa shape index (κ1) is 25.2. The van der Waals surface area contributed by atoms with Gasteiger partial charge in [-0.3, -0.25) is 9.59 Å². The normalized spacial score (nSPS) is 12.1. The van der Waals surface area contributed by atoms with Gasteiger partial charge >= 0.3 is 0 Å². The average Bonchev–Trinajstić information content (AvgIpc) is 2.75. The molecule has 0 aliphatic carbocycles. The number of nitrogens with zero attached hydrogens (tertiary/aromatic N) is 1. The fraction of sp³-hybridized carbons (Fsp3) is 0.333. The van der Waals surface area contributed by atoms with Crippen LogP contribution in [0.3, 0.4) is 0 Å². The molecule has 0 bridgehead atoms. The van der Waals surface area contributed by atoms with Crippen molar-refractivity contribution in [2.45, 2.75) is 65.6 Å². The molecule has 1 atom stereocenters. The smallest absolute Gasteiger partial charge is 0.243 e. The van der Waals surface area contributed by atoms with Crippen molar-refractivity contribution in [3.63, 3.8) is 0 Å². The molecule has 0 aliphatic heterocycles. The van der Waals surface area contributed by atoms with Gasteiger partial charge in [0.25, 0.3) is 0 Å². The molecule has 3 aromatic rings. The van der Waals surface area contributed by atoms with Gasteiger partial charge in [0.1, 0.15) is 6.04 Å². The van der Waals surface area contributed by atoms with E-state index in [-0.39, 0.29) is 18.2 Å². The number of aryl methyl sites for hydroxylation is 2. The number of amides is 2. The van der Waals surface area contributed by atoms with E-state index in [2.05, 4.69) is 11.4 Å². The Morgan fingerprint density at radius 1 is 0.794 bits per heavy atom. The molecule has 1 unspecified atom stereocenters. The Hall–Kier alpha value is -3.40. The summed E-state index contributed by atoms with van der Waals surface area (Å²) in [7, 11) is 0. The van der Waals surface area contributed by atoms with E-state index in [1.165, 1.54) is 0 Å². The lowest BCUT2D eigenvalue weighted by atomic mass is 9.99. The number of carbonyl (C=O) groups is 2. The molecule has 34 heavy (non-hydrogen) atoms. The third-order valence-corrected chi connectivity index (χ3v) is 5.60. The monoisotopic (exact) mass is 456 g/mol. The highest BCUT2D eigenvalue weighted by atomic mass is 16.2. The van der Waals surface area contributed by atoms with Crippen LogP contribution in [0, 0.1) is 13.8 Å². The minimum atomic E-state index is -0.625. The molecule has 3 aromatic carbocycles. The number of rotatable bonds is 8. The average molecular weight is 457 g/mol. The van der Waals surface area contributed by atoms with E-state index in [1.807, 2.05) is 107 Å². The van der Waals surface area contributed by atoms with Gasteiger partial charge in [0.15, 0.2) is 0 Å². The molecule has 178 valence electrons. The Bertz CT molecular complexity index is 1080. The highest BCUT2D eigenvalue weighted by Crippen LogP contribution is 2.18. The van der Waals surface area contributed by atoms with Crippen LogP contribution in [-0.4, -0.2) is 28.3 Å². The predicted molar refractivity (Wildman–Crippen MR) is 138 cm³/mol. The van der Waals surface area contributed by atoms with Gasteiger partial charge in [-0.15, -0.1) is 0 Å². The molecule has 0 aliphatic rings. The summed E-state index contributed by atoms with van der Waals surface area (Å²) in [6.07, 6.45) is 0.706. The first-order valence-electron chi connectivity index (χ1n) is 11.9. The Balaban J connectivity index is 1.98. The maximum Gasteiger partial charge on any atom is 0.243 e. The lowest BCUT2D eigenvalue weighted by Gasteiger charge is -2.34. The molecule has 0 aromatic heterocycles. The number of carbonyl (C=O) groups excluding carboxylic acids is 2. The lowest BCUT2D eigenvalue weighted by molar-refractivity contribution is -0.141. The molecule has 0 heterocycles. The first-order valence-corrected chi connectivity index (χ1v) is 11.9. The summed E-state index contributed by atoms with van der Waals surface area (Å²) < 4.78 is 0. The third kappa shape index (κ3) is 7.58. The van der Waals surface area contributed by atoms with Crippen LogP contribution < -0.4 is 5.32 Å². The van der Waals surface area contributed by atoms with Crippen LogP contribution in [0.4, 0.5) is 0 Å². The minimum absolute atomic E-state index is 0.0566. The van der Waals surface area contributed by atoms with E-state index in [1.54, 1.807) is 4.90 Å². The topological polar surface area (TPSA) is 49.4 Å². The minimum Gasteiger partial charge on any atom is -0.350 e. The van der Waals surface area contributed by atoms with E-state index in [0.717, 1.165) is 27.8 Å². The second-order valence-corrected chi connectivity index (χ2v) is 10.1. The zero-order chi connectivity index (χ0) is 24.7. The summed E-state index contributed by atoms with van der Waals surface area (Å²) in [6, 6.07) is 25.4. The Morgan fingerprint density at radius 3 is 1.85 bits per heavy atom. The van der Waals surface area contributed by atoms with Gasteiger partial charge < -0.3 is 10.2 Å². The molecule has 1 N–H and O–H groups in total. The van der Waals surface area contributed by atoms with E-state index in [0.29, 0.717) is 13.0 Å². The van der Waals surface area contributed by atoms with Gasteiger partial charge in [0.2, 0.25) is 11.8 Å². The predicted octanol–water partition coefficient (Wildman–Crippen LogP) is 5.40. The molecule has 0 fully saturated rings. The van der Waals surface area contributed by atoms with Crippen LogP contribution in [0.5, 0.6) is 0 Å². The van der Waals surface area contributed by atoms with E-state index in [9.17, 15) is 9.59 Å². The van der Waals surface area contributed by atoms with Crippen molar-refractivity contribution in [1.29, 1.82) is 0 Å². The number of hydrogen-bond acceptors (Lipinski definition) is 2. The summed E-state index contributed by atoms with van der Waals surface area (Å²) in [5, 5.41) is 3.11. The van der Waals surface area contributed by atoms with Crippen molar-refractivity contribution in [3.05, 3.63) is 107 Å². The first-order chi connectivity index (χ1) is 16.1. The van der Waals surface area contributed by atoms with Gasteiger partial charge in [-0.05, 0) is 51.3 Å². The standard InChI is InChI=1S/C30H36N2O2/c1-22-16-23(2)18-26(17-22)20-28(33)32(21-25-14-10-7-11-15-25)27(29(34)31-30(3,4)5)19-24-12-8-6-9-13-24/h6-18,27H,19-21H2,1-5H3,(H,31,34). The molecule has 0 saturated carbocycles. The molecular weight excluding hydrogens is 420 g/mol. The SMILES string of the molecule is Cc1cc(C)cc(CC(=O)N(Cc2ccccc2)C(Cc2ccccc2)C(=O)NC(C)(C)C)c1. The van der Waals surface area contributed by atoms with E-state index >= 15 is 0 Å². The quantitative estimate of drug-likeness (QED) is 0.493. The molecule has 3 rings (SSSR count). The molecule has 4 nitrogen and oxygen atoms in total. The van der Waals surface area contributed by atoms with Crippen molar-refractivity contribution in [1.82, 2.24) is 10.2 Å². The molecule has 0 spiro atoms. The highest BCUT2D eigenvalue weighted by molar-refractivity contribution is 5.89. The number of hydrogen-bond donors (Lipinski definition) is 1.